The third-order valence-electron chi connectivity index (χ3n) is 2.13. The number of esters is 1. The topological polar surface area (TPSA) is 78.6 Å². The van der Waals surface area contributed by atoms with E-state index in [1.165, 1.54) is 0 Å². The van der Waals surface area contributed by atoms with Gasteiger partial charge in [0, 0.05) is 0 Å². The van der Waals surface area contributed by atoms with Crippen LogP contribution in [-0.4, -0.2) is 17.5 Å². The molecule has 1 aromatic carbocycles. The summed E-state index contributed by atoms with van der Waals surface area (Å²) in [4.78, 5) is 27.7. The number of hydrogen-bond donors (Lipinski definition) is 1. The van der Waals surface area contributed by atoms with Crippen LogP contribution in [0, 0.1) is 0 Å². The van der Waals surface area contributed by atoms with Gasteiger partial charge in [-0.2, -0.15) is 5.90 Å². The monoisotopic (exact) mass is 251 g/mol. The van der Waals surface area contributed by atoms with Gasteiger partial charge in [0.15, 0.2) is 5.92 Å². The maximum Gasteiger partial charge on any atom is 0.343 e. The molecule has 0 bridgehead atoms. The van der Waals surface area contributed by atoms with Crippen LogP contribution in [-0.2, 0) is 19.2 Å². The molecule has 1 rings (SSSR count). The highest BCUT2D eigenvalue weighted by molar-refractivity contribution is 6.00. The highest BCUT2D eigenvalue weighted by atomic mass is 16.7. The number of rotatable bonds is 3. The Balaban J connectivity index is 3.00. The van der Waals surface area contributed by atoms with Gasteiger partial charge in [0.25, 0.3) is 0 Å². The van der Waals surface area contributed by atoms with E-state index in [1.807, 2.05) is 0 Å². The van der Waals surface area contributed by atoms with Crippen molar-refractivity contribution in [3.63, 3.8) is 0 Å². The fourth-order valence-corrected chi connectivity index (χ4v) is 1.44. The van der Waals surface area contributed by atoms with Crippen molar-refractivity contribution in [2.45, 2.75) is 32.3 Å². The molecule has 18 heavy (non-hydrogen) atoms. The standard InChI is InChI=1S/C13H17NO4/c1-13(2,3)17-11(15)10(12(16)18-14)9-7-5-4-6-8-9/h4-8,10H,14H2,1-3H3. The van der Waals surface area contributed by atoms with Crippen LogP contribution in [0.15, 0.2) is 30.3 Å². The molecule has 0 fully saturated rings. The molecule has 0 saturated carbocycles. The zero-order valence-corrected chi connectivity index (χ0v) is 10.7. The molecule has 5 heteroatoms. The van der Waals surface area contributed by atoms with Crippen LogP contribution in [0.4, 0.5) is 0 Å². The summed E-state index contributed by atoms with van der Waals surface area (Å²) < 4.78 is 5.18. The van der Waals surface area contributed by atoms with E-state index >= 15 is 0 Å². The lowest BCUT2D eigenvalue weighted by molar-refractivity contribution is -0.164. The van der Waals surface area contributed by atoms with Gasteiger partial charge in [-0.15, -0.1) is 0 Å². The molecular weight excluding hydrogens is 234 g/mol. The molecule has 0 aliphatic carbocycles. The number of carbonyl (C=O) groups is 2. The molecule has 0 heterocycles. The summed E-state index contributed by atoms with van der Waals surface area (Å²) in [6.45, 7) is 5.17. The molecule has 0 radical (unpaired) electrons. The predicted octanol–water partition coefficient (Wildman–Crippen LogP) is 1.53. The van der Waals surface area contributed by atoms with E-state index in [9.17, 15) is 9.59 Å². The SMILES string of the molecule is CC(C)(C)OC(=O)C(C(=O)ON)c1ccccc1. The highest BCUT2D eigenvalue weighted by Crippen LogP contribution is 2.21. The van der Waals surface area contributed by atoms with E-state index < -0.39 is 23.5 Å². The van der Waals surface area contributed by atoms with Crippen LogP contribution in [0.3, 0.4) is 0 Å². The van der Waals surface area contributed by atoms with Gasteiger partial charge in [-0.25, -0.2) is 4.79 Å². The smallest absolute Gasteiger partial charge is 0.343 e. The fraction of sp³-hybridized carbons (Fsp3) is 0.385. The normalized spacial score (nSPS) is 12.7. The van der Waals surface area contributed by atoms with E-state index in [2.05, 4.69) is 4.84 Å². The Morgan fingerprint density at radius 3 is 2.11 bits per heavy atom. The van der Waals surface area contributed by atoms with Crippen LogP contribution in [0.5, 0.6) is 0 Å². The number of benzene rings is 1. The summed E-state index contributed by atoms with van der Waals surface area (Å²) in [5.74, 6) is 2.18. The number of hydrogen-bond acceptors (Lipinski definition) is 5. The van der Waals surface area contributed by atoms with Gasteiger partial charge < -0.3 is 9.57 Å². The minimum absolute atomic E-state index is 0.488. The molecule has 2 N–H and O–H groups in total. The summed E-state index contributed by atoms with van der Waals surface area (Å²) in [6.07, 6.45) is 0. The number of nitrogens with two attached hydrogens (primary N) is 1. The minimum Gasteiger partial charge on any atom is -0.459 e. The Morgan fingerprint density at radius 1 is 1.11 bits per heavy atom. The van der Waals surface area contributed by atoms with Crippen molar-refractivity contribution in [2.24, 2.45) is 5.90 Å². The Kier molecular flexibility index (Phi) is 4.44. The first-order valence-electron chi connectivity index (χ1n) is 5.53. The van der Waals surface area contributed by atoms with Crippen molar-refractivity contribution in [1.82, 2.24) is 0 Å². The van der Waals surface area contributed by atoms with E-state index in [0.717, 1.165) is 0 Å². The minimum atomic E-state index is -1.16. The number of ether oxygens (including phenoxy) is 1. The molecule has 0 amide bonds. The van der Waals surface area contributed by atoms with E-state index in [1.54, 1.807) is 51.1 Å². The van der Waals surface area contributed by atoms with Gasteiger partial charge in [-0.05, 0) is 26.3 Å². The summed E-state index contributed by atoms with van der Waals surface area (Å²) in [6, 6.07) is 8.51. The molecule has 98 valence electrons. The summed E-state index contributed by atoms with van der Waals surface area (Å²) in [7, 11) is 0. The van der Waals surface area contributed by atoms with Crippen molar-refractivity contribution in [3.8, 4) is 0 Å². The summed E-state index contributed by atoms with van der Waals surface area (Å²) in [5.41, 5.74) is -0.193. The van der Waals surface area contributed by atoms with Gasteiger partial charge in [-0.3, -0.25) is 4.79 Å². The second-order valence-corrected chi connectivity index (χ2v) is 4.81. The molecule has 1 aromatic rings. The predicted molar refractivity (Wildman–Crippen MR) is 65.3 cm³/mol. The van der Waals surface area contributed by atoms with Gasteiger partial charge in [-0.1, -0.05) is 30.3 Å². The Labute approximate surface area is 106 Å². The fourth-order valence-electron chi connectivity index (χ4n) is 1.44. The average molecular weight is 251 g/mol. The zero-order chi connectivity index (χ0) is 13.8. The third kappa shape index (κ3) is 3.85. The lowest BCUT2D eigenvalue weighted by Crippen LogP contribution is -2.33. The molecule has 0 aliphatic heterocycles. The zero-order valence-electron chi connectivity index (χ0n) is 10.7. The molecule has 1 unspecified atom stereocenters. The lowest BCUT2D eigenvalue weighted by Gasteiger charge is -2.22. The lowest BCUT2D eigenvalue weighted by atomic mass is 9.99. The van der Waals surface area contributed by atoms with Crippen molar-refractivity contribution in [3.05, 3.63) is 35.9 Å². The van der Waals surface area contributed by atoms with Gasteiger partial charge in [0.05, 0.1) is 0 Å². The van der Waals surface area contributed by atoms with E-state index in [-0.39, 0.29) is 0 Å². The first-order chi connectivity index (χ1) is 8.35. The van der Waals surface area contributed by atoms with Crippen LogP contribution in [0.1, 0.15) is 32.3 Å². The first kappa shape index (κ1) is 14.2. The third-order valence-corrected chi connectivity index (χ3v) is 2.13. The maximum absolute atomic E-state index is 12.0. The molecule has 0 saturated heterocycles. The van der Waals surface area contributed by atoms with Crippen LogP contribution in [0.25, 0.3) is 0 Å². The van der Waals surface area contributed by atoms with Crippen LogP contribution < -0.4 is 5.90 Å². The maximum atomic E-state index is 12.0. The largest absolute Gasteiger partial charge is 0.459 e. The Bertz CT molecular complexity index is 422. The van der Waals surface area contributed by atoms with Gasteiger partial charge in [0.2, 0.25) is 0 Å². The van der Waals surface area contributed by atoms with Gasteiger partial charge in [0.1, 0.15) is 5.60 Å². The number of carbonyl (C=O) groups excluding carboxylic acids is 2. The van der Waals surface area contributed by atoms with Crippen molar-refractivity contribution >= 4 is 11.9 Å². The quantitative estimate of drug-likeness (QED) is 0.500. The van der Waals surface area contributed by atoms with E-state index in [0.29, 0.717) is 5.56 Å². The average Bonchev–Trinajstić information content (AvgIpc) is 2.28. The Morgan fingerprint density at radius 2 is 1.67 bits per heavy atom. The molecule has 1 atom stereocenters. The van der Waals surface area contributed by atoms with Crippen LogP contribution >= 0.6 is 0 Å². The van der Waals surface area contributed by atoms with Crippen molar-refractivity contribution in [2.75, 3.05) is 0 Å². The molecule has 5 nitrogen and oxygen atoms in total. The highest BCUT2D eigenvalue weighted by Gasteiger charge is 2.33. The molecule has 0 spiro atoms. The first-order valence-corrected chi connectivity index (χ1v) is 5.53. The summed E-state index contributed by atoms with van der Waals surface area (Å²) in [5, 5.41) is 0. The van der Waals surface area contributed by atoms with Gasteiger partial charge >= 0.3 is 11.9 Å². The van der Waals surface area contributed by atoms with Crippen molar-refractivity contribution in [1.29, 1.82) is 0 Å². The Hall–Kier alpha value is -1.88. The van der Waals surface area contributed by atoms with E-state index in [4.69, 9.17) is 10.6 Å². The molecule has 0 aromatic heterocycles. The van der Waals surface area contributed by atoms with Crippen molar-refractivity contribution < 1.29 is 19.2 Å². The second kappa shape index (κ2) is 5.64. The second-order valence-electron chi connectivity index (χ2n) is 4.81. The summed E-state index contributed by atoms with van der Waals surface area (Å²) >= 11 is 0. The van der Waals surface area contributed by atoms with Crippen LogP contribution in [0.2, 0.25) is 0 Å². The molecular formula is C13H17NO4. The molecule has 0 aliphatic rings.